The van der Waals surface area contributed by atoms with Crippen molar-refractivity contribution in [1.82, 2.24) is 10.2 Å². The topological polar surface area (TPSA) is 90.7 Å². The molecule has 0 unspecified atom stereocenters. The van der Waals surface area contributed by atoms with E-state index in [0.717, 1.165) is 16.0 Å². The summed E-state index contributed by atoms with van der Waals surface area (Å²) in [5, 5.41) is 23.1. The van der Waals surface area contributed by atoms with Gasteiger partial charge in [-0.25, -0.2) is 0 Å². The minimum absolute atomic E-state index is 0.116. The predicted molar refractivity (Wildman–Crippen MR) is 89.2 cm³/mol. The molecule has 0 saturated heterocycles. The number of nitrogens with zero attached hydrogens (tertiary/aromatic N) is 3. The number of carbonyl (C=O) groups excluding carboxylic acids is 1. The van der Waals surface area contributed by atoms with Crippen LogP contribution in [-0.4, -0.2) is 27.9 Å². The van der Waals surface area contributed by atoms with Gasteiger partial charge in [0.15, 0.2) is 4.34 Å². The van der Waals surface area contributed by atoms with E-state index in [1.807, 2.05) is 19.9 Å². The van der Waals surface area contributed by atoms with Gasteiger partial charge in [0.25, 0.3) is 0 Å². The zero-order valence-electron chi connectivity index (χ0n) is 12.2. The average Bonchev–Trinajstić information content (AvgIpc) is 2.95. The number of rotatable bonds is 6. The maximum absolute atomic E-state index is 12.1. The molecule has 114 valence electrons. The molecule has 2 rings (SSSR count). The third-order valence-electron chi connectivity index (χ3n) is 2.66. The van der Waals surface area contributed by atoms with Crippen LogP contribution < -0.4 is 10.6 Å². The Bertz CT molecular complexity index is 677. The average molecular weight is 333 g/mol. The Morgan fingerprint density at radius 1 is 1.41 bits per heavy atom. The number of hydrogen-bond donors (Lipinski definition) is 2. The first kappa shape index (κ1) is 16.3. The Balaban J connectivity index is 1.91. The van der Waals surface area contributed by atoms with Crippen LogP contribution in [0.2, 0.25) is 0 Å². The highest BCUT2D eigenvalue weighted by Gasteiger charge is 2.17. The highest BCUT2D eigenvalue weighted by atomic mass is 32.2. The first-order valence-electron chi connectivity index (χ1n) is 6.67. The molecule has 0 aliphatic rings. The van der Waals surface area contributed by atoms with Gasteiger partial charge in [-0.15, -0.1) is 10.2 Å². The van der Waals surface area contributed by atoms with Gasteiger partial charge in [0.2, 0.25) is 11.0 Å². The Labute approximate surface area is 137 Å². The van der Waals surface area contributed by atoms with Crippen LogP contribution in [0, 0.1) is 11.3 Å². The van der Waals surface area contributed by atoms with Gasteiger partial charge in [-0.2, -0.15) is 5.26 Å². The van der Waals surface area contributed by atoms with Gasteiger partial charge in [-0.05, 0) is 38.1 Å². The molecular weight excluding hydrogens is 318 g/mol. The summed E-state index contributed by atoms with van der Waals surface area (Å²) < 4.78 is 0.749. The third-order valence-corrected chi connectivity index (χ3v) is 4.73. The Kier molecular flexibility index (Phi) is 5.75. The normalized spacial score (nSPS) is 11.5. The van der Waals surface area contributed by atoms with Crippen LogP contribution in [-0.2, 0) is 4.79 Å². The molecule has 0 spiro atoms. The SMILES string of the molecule is CCNc1nnc(S[C@@H](C)C(=O)Nc2ccc(C#N)cc2)s1. The van der Waals surface area contributed by atoms with Crippen LogP contribution in [0.5, 0.6) is 0 Å². The Hall–Kier alpha value is -2.11. The number of amides is 1. The van der Waals surface area contributed by atoms with E-state index in [4.69, 9.17) is 5.26 Å². The Morgan fingerprint density at radius 3 is 2.77 bits per heavy atom. The smallest absolute Gasteiger partial charge is 0.237 e. The van der Waals surface area contributed by atoms with E-state index in [-0.39, 0.29) is 11.2 Å². The molecule has 1 aromatic heterocycles. The summed E-state index contributed by atoms with van der Waals surface area (Å²) in [6.07, 6.45) is 0. The summed E-state index contributed by atoms with van der Waals surface area (Å²) in [6, 6.07) is 8.79. The summed E-state index contributed by atoms with van der Waals surface area (Å²) in [4.78, 5) is 12.1. The monoisotopic (exact) mass is 333 g/mol. The maximum Gasteiger partial charge on any atom is 0.237 e. The van der Waals surface area contributed by atoms with Crippen LogP contribution in [0.1, 0.15) is 19.4 Å². The Morgan fingerprint density at radius 2 is 2.14 bits per heavy atom. The second-order valence-corrected chi connectivity index (χ2v) is 6.91. The fraction of sp³-hybridized carbons (Fsp3) is 0.286. The molecule has 6 nitrogen and oxygen atoms in total. The van der Waals surface area contributed by atoms with E-state index in [9.17, 15) is 4.79 Å². The van der Waals surface area contributed by atoms with Crippen LogP contribution in [0.15, 0.2) is 28.6 Å². The number of nitriles is 1. The lowest BCUT2D eigenvalue weighted by atomic mass is 10.2. The summed E-state index contributed by atoms with van der Waals surface area (Å²) in [5.74, 6) is -0.116. The van der Waals surface area contributed by atoms with Crippen molar-refractivity contribution in [3.8, 4) is 6.07 Å². The number of carbonyl (C=O) groups is 1. The van der Waals surface area contributed by atoms with Crippen LogP contribution >= 0.6 is 23.1 Å². The van der Waals surface area contributed by atoms with Gasteiger partial charge in [-0.1, -0.05) is 23.1 Å². The molecule has 1 aromatic carbocycles. The largest absolute Gasteiger partial charge is 0.360 e. The number of anilines is 2. The zero-order valence-corrected chi connectivity index (χ0v) is 13.8. The molecule has 1 atom stereocenters. The van der Waals surface area contributed by atoms with Gasteiger partial charge in [-0.3, -0.25) is 4.79 Å². The van der Waals surface area contributed by atoms with E-state index in [0.29, 0.717) is 11.3 Å². The van der Waals surface area contributed by atoms with Crippen molar-refractivity contribution in [1.29, 1.82) is 5.26 Å². The summed E-state index contributed by atoms with van der Waals surface area (Å²) in [5.41, 5.74) is 1.23. The highest BCUT2D eigenvalue weighted by molar-refractivity contribution is 8.02. The standard InChI is InChI=1S/C14H15N5OS2/c1-3-16-13-18-19-14(22-13)21-9(2)12(20)17-11-6-4-10(8-15)5-7-11/h4-7,9H,3H2,1-2H3,(H,16,18)(H,17,20)/t9-/m0/s1. The molecular formula is C14H15N5OS2. The van der Waals surface area contributed by atoms with Crippen molar-refractivity contribution in [3.05, 3.63) is 29.8 Å². The number of aromatic nitrogens is 2. The molecule has 1 heterocycles. The van der Waals surface area contributed by atoms with Gasteiger partial charge in [0, 0.05) is 12.2 Å². The van der Waals surface area contributed by atoms with Crippen LogP contribution in [0.4, 0.5) is 10.8 Å². The molecule has 1 amide bonds. The quantitative estimate of drug-likeness (QED) is 0.790. The van der Waals surface area contributed by atoms with E-state index in [2.05, 4.69) is 20.8 Å². The predicted octanol–water partition coefficient (Wildman–Crippen LogP) is 2.96. The molecule has 0 aliphatic carbocycles. The fourth-order valence-corrected chi connectivity index (χ4v) is 3.52. The molecule has 8 heteroatoms. The van der Waals surface area contributed by atoms with Crippen LogP contribution in [0.3, 0.4) is 0 Å². The molecule has 0 radical (unpaired) electrons. The molecule has 2 aromatic rings. The van der Waals surface area contributed by atoms with Gasteiger partial charge in [0.1, 0.15) is 0 Å². The second kappa shape index (κ2) is 7.77. The number of nitrogens with one attached hydrogen (secondary N) is 2. The summed E-state index contributed by atoms with van der Waals surface area (Å²) in [6.45, 7) is 4.59. The van der Waals surface area contributed by atoms with E-state index in [1.54, 1.807) is 24.3 Å². The zero-order chi connectivity index (χ0) is 15.9. The molecule has 0 fully saturated rings. The van der Waals surface area contributed by atoms with E-state index < -0.39 is 0 Å². The highest BCUT2D eigenvalue weighted by Crippen LogP contribution is 2.29. The van der Waals surface area contributed by atoms with Crippen molar-refractivity contribution in [2.75, 3.05) is 17.2 Å². The van der Waals surface area contributed by atoms with Crippen molar-refractivity contribution >= 4 is 39.8 Å². The van der Waals surface area contributed by atoms with E-state index in [1.165, 1.54) is 23.1 Å². The number of benzene rings is 1. The molecule has 0 aliphatic heterocycles. The minimum atomic E-state index is -0.293. The van der Waals surface area contributed by atoms with Crippen LogP contribution in [0.25, 0.3) is 0 Å². The molecule has 0 bridgehead atoms. The minimum Gasteiger partial charge on any atom is -0.360 e. The summed E-state index contributed by atoms with van der Waals surface area (Å²) in [7, 11) is 0. The molecule has 2 N–H and O–H groups in total. The van der Waals surface area contributed by atoms with Crippen molar-refractivity contribution in [2.24, 2.45) is 0 Å². The lowest BCUT2D eigenvalue weighted by Gasteiger charge is -2.10. The molecule has 22 heavy (non-hydrogen) atoms. The lowest BCUT2D eigenvalue weighted by molar-refractivity contribution is -0.115. The van der Waals surface area contributed by atoms with Crippen molar-refractivity contribution < 1.29 is 4.79 Å². The van der Waals surface area contributed by atoms with Gasteiger partial charge in [0.05, 0.1) is 16.9 Å². The summed E-state index contributed by atoms with van der Waals surface area (Å²) >= 11 is 2.79. The third kappa shape index (κ3) is 4.44. The van der Waals surface area contributed by atoms with Gasteiger partial charge >= 0.3 is 0 Å². The van der Waals surface area contributed by atoms with Crippen molar-refractivity contribution in [3.63, 3.8) is 0 Å². The molecule has 0 saturated carbocycles. The number of thioether (sulfide) groups is 1. The maximum atomic E-state index is 12.1. The van der Waals surface area contributed by atoms with E-state index >= 15 is 0 Å². The fourth-order valence-electron chi connectivity index (χ4n) is 1.56. The second-order valence-electron chi connectivity index (χ2n) is 4.34. The first-order valence-corrected chi connectivity index (χ1v) is 8.37. The van der Waals surface area contributed by atoms with Crippen molar-refractivity contribution in [2.45, 2.75) is 23.4 Å². The first-order chi connectivity index (χ1) is 10.6. The number of hydrogen-bond acceptors (Lipinski definition) is 7. The van der Waals surface area contributed by atoms with Gasteiger partial charge < -0.3 is 10.6 Å². The lowest BCUT2D eigenvalue weighted by Crippen LogP contribution is -2.22.